The first-order chi connectivity index (χ1) is 15.1. The quantitative estimate of drug-likeness (QED) is 0.411. The van der Waals surface area contributed by atoms with Gasteiger partial charge in [-0.3, -0.25) is 4.79 Å². The molecule has 2 aromatic carbocycles. The SMILES string of the molecule is CC(C)c1ccc2c(c1)CCC1C2(C)CCCC1(C)N(C)CCC(=O)c1ccc(F)cc1.Cl. The van der Waals surface area contributed by atoms with E-state index in [1.807, 2.05) is 0 Å². The highest BCUT2D eigenvalue weighted by atomic mass is 35.5. The van der Waals surface area contributed by atoms with E-state index in [1.165, 1.54) is 43.4 Å². The maximum atomic E-state index is 13.2. The second-order valence-corrected chi connectivity index (χ2v) is 10.9. The minimum atomic E-state index is -0.300. The number of halogens is 2. The highest BCUT2D eigenvalue weighted by molar-refractivity contribution is 5.96. The van der Waals surface area contributed by atoms with E-state index in [-0.39, 0.29) is 35.0 Å². The molecule has 1 fully saturated rings. The standard InChI is InChI=1S/C29H38FNO.ClH/c1-20(2)22-9-13-25-23(19-22)10-14-27-28(25,3)16-6-17-29(27,4)31(5)18-15-26(32)21-7-11-24(30)12-8-21;/h7-9,11-13,19-20,27H,6,10,14-18H2,1-5H3;1H. The number of rotatable bonds is 6. The maximum absolute atomic E-state index is 13.2. The second-order valence-electron chi connectivity index (χ2n) is 10.9. The predicted molar refractivity (Wildman–Crippen MR) is 137 cm³/mol. The largest absolute Gasteiger partial charge is 0.300 e. The highest BCUT2D eigenvalue weighted by Gasteiger charge is 2.53. The summed E-state index contributed by atoms with van der Waals surface area (Å²) >= 11 is 0. The van der Waals surface area contributed by atoms with Gasteiger partial charge in [0.2, 0.25) is 0 Å². The Morgan fingerprint density at radius 3 is 2.48 bits per heavy atom. The number of carbonyl (C=O) groups is 1. The zero-order valence-corrected chi connectivity index (χ0v) is 21.6. The fraction of sp³-hybridized carbons (Fsp3) is 0.552. The van der Waals surface area contributed by atoms with Crippen LogP contribution in [0.15, 0.2) is 42.5 Å². The average molecular weight is 472 g/mol. The van der Waals surface area contributed by atoms with Gasteiger partial charge in [-0.2, -0.15) is 0 Å². The molecule has 0 bridgehead atoms. The van der Waals surface area contributed by atoms with E-state index in [0.29, 0.717) is 23.8 Å². The minimum Gasteiger partial charge on any atom is -0.300 e. The van der Waals surface area contributed by atoms with E-state index in [9.17, 15) is 9.18 Å². The van der Waals surface area contributed by atoms with E-state index in [2.05, 4.69) is 57.8 Å². The lowest BCUT2D eigenvalue weighted by molar-refractivity contribution is -0.0200. The summed E-state index contributed by atoms with van der Waals surface area (Å²) in [5.41, 5.74) is 5.41. The summed E-state index contributed by atoms with van der Waals surface area (Å²) in [5.74, 6) is 0.930. The van der Waals surface area contributed by atoms with Crippen molar-refractivity contribution in [1.82, 2.24) is 4.90 Å². The molecule has 2 nitrogen and oxygen atoms in total. The fourth-order valence-electron chi connectivity index (χ4n) is 6.60. The highest BCUT2D eigenvalue weighted by Crippen LogP contribution is 2.55. The molecule has 2 aromatic rings. The number of fused-ring (bicyclic) bond motifs is 3. The Kier molecular flexibility index (Phi) is 7.75. The molecule has 0 N–H and O–H groups in total. The van der Waals surface area contributed by atoms with E-state index in [0.717, 1.165) is 13.0 Å². The van der Waals surface area contributed by atoms with Crippen LogP contribution in [0.2, 0.25) is 0 Å². The minimum absolute atomic E-state index is 0. The number of hydrogen-bond acceptors (Lipinski definition) is 2. The maximum Gasteiger partial charge on any atom is 0.164 e. The van der Waals surface area contributed by atoms with Crippen molar-refractivity contribution in [2.45, 2.75) is 83.1 Å². The van der Waals surface area contributed by atoms with Crippen molar-refractivity contribution in [3.05, 3.63) is 70.5 Å². The molecule has 0 amide bonds. The first-order valence-corrected chi connectivity index (χ1v) is 12.3. The number of ketones is 1. The first-order valence-electron chi connectivity index (χ1n) is 12.3. The van der Waals surface area contributed by atoms with Crippen LogP contribution < -0.4 is 0 Å². The number of aryl methyl sites for hydroxylation is 1. The molecule has 180 valence electrons. The van der Waals surface area contributed by atoms with Gasteiger partial charge in [0.25, 0.3) is 0 Å². The Bertz CT molecular complexity index is 988. The third kappa shape index (κ3) is 4.77. The summed E-state index contributed by atoms with van der Waals surface area (Å²) in [7, 11) is 2.20. The second kappa shape index (κ2) is 9.88. The van der Waals surface area contributed by atoms with Gasteiger partial charge >= 0.3 is 0 Å². The molecule has 2 aliphatic carbocycles. The Morgan fingerprint density at radius 2 is 1.82 bits per heavy atom. The average Bonchev–Trinajstić information content (AvgIpc) is 2.77. The van der Waals surface area contributed by atoms with Crippen LogP contribution in [0.1, 0.15) is 92.8 Å². The fourth-order valence-corrected chi connectivity index (χ4v) is 6.60. The van der Waals surface area contributed by atoms with Crippen molar-refractivity contribution in [2.75, 3.05) is 13.6 Å². The lowest BCUT2D eigenvalue weighted by Crippen LogP contribution is -2.60. The molecule has 4 rings (SSSR count). The van der Waals surface area contributed by atoms with Crippen molar-refractivity contribution >= 4 is 18.2 Å². The Labute approximate surface area is 205 Å². The van der Waals surface area contributed by atoms with Gasteiger partial charge in [0, 0.05) is 24.1 Å². The number of carbonyl (C=O) groups excluding carboxylic acids is 1. The molecule has 3 unspecified atom stereocenters. The van der Waals surface area contributed by atoms with Crippen LogP contribution in [0.3, 0.4) is 0 Å². The first kappa shape index (κ1) is 25.9. The normalized spacial score (nSPS) is 26.5. The van der Waals surface area contributed by atoms with Crippen LogP contribution in [0.25, 0.3) is 0 Å². The van der Waals surface area contributed by atoms with Crippen molar-refractivity contribution in [3.63, 3.8) is 0 Å². The third-order valence-corrected chi connectivity index (χ3v) is 8.72. The zero-order chi connectivity index (χ0) is 23.1. The van der Waals surface area contributed by atoms with Crippen molar-refractivity contribution in [2.24, 2.45) is 5.92 Å². The molecule has 2 aliphatic rings. The Balaban J connectivity index is 0.00000306. The van der Waals surface area contributed by atoms with Gasteiger partial charge in [0.05, 0.1) is 0 Å². The monoisotopic (exact) mass is 471 g/mol. The van der Waals surface area contributed by atoms with E-state index < -0.39 is 0 Å². The van der Waals surface area contributed by atoms with Crippen LogP contribution >= 0.6 is 12.4 Å². The third-order valence-electron chi connectivity index (χ3n) is 8.72. The van der Waals surface area contributed by atoms with Gasteiger partial charge in [-0.15, -0.1) is 12.4 Å². The molecule has 4 heteroatoms. The summed E-state index contributed by atoms with van der Waals surface area (Å²) in [4.78, 5) is 15.1. The Hall–Kier alpha value is -1.71. The summed E-state index contributed by atoms with van der Waals surface area (Å²) in [6, 6.07) is 13.2. The lowest BCUT2D eigenvalue weighted by atomic mass is 9.52. The van der Waals surface area contributed by atoms with Gasteiger partial charge in [-0.1, -0.05) is 45.4 Å². The van der Waals surface area contributed by atoms with Crippen molar-refractivity contribution < 1.29 is 9.18 Å². The molecule has 0 heterocycles. The Morgan fingerprint density at radius 1 is 1.12 bits per heavy atom. The topological polar surface area (TPSA) is 20.3 Å². The summed E-state index contributed by atoms with van der Waals surface area (Å²) < 4.78 is 13.2. The smallest absolute Gasteiger partial charge is 0.164 e. The zero-order valence-electron chi connectivity index (χ0n) is 20.8. The summed E-state index contributed by atoms with van der Waals surface area (Å²) in [5, 5.41) is 0. The molecule has 1 saturated carbocycles. The van der Waals surface area contributed by atoms with Gasteiger partial charge in [0.1, 0.15) is 5.82 Å². The number of benzene rings is 2. The molecule has 0 radical (unpaired) electrons. The lowest BCUT2D eigenvalue weighted by Gasteiger charge is -2.58. The van der Waals surface area contributed by atoms with Crippen molar-refractivity contribution in [1.29, 1.82) is 0 Å². The van der Waals surface area contributed by atoms with Crippen LogP contribution in [0.4, 0.5) is 4.39 Å². The molecule has 0 aliphatic heterocycles. The van der Waals surface area contributed by atoms with E-state index >= 15 is 0 Å². The van der Waals surface area contributed by atoms with Crippen LogP contribution in [0.5, 0.6) is 0 Å². The summed E-state index contributed by atoms with van der Waals surface area (Å²) in [6.07, 6.45) is 6.45. The van der Waals surface area contributed by atoms with E-state index in [4.69, 9.17) is 0 Å². The van der Waals surface area contributed by atoms with E-state index in [1.54, 1.807) is 23.3 Å². The van der Waals surface area contributed by atoms with Gasteiger partial charge in [-0.25, -0.2) is 4.39 Å². The number of nitrogens with zero attached hydrogens (tertiary/aromatic N) is 1. The van der Waals surface area contributed by atoms with Crippen LogP contribution in [-0.2, 0) is 11.8 Å². The van der Waals surface area contributed by atoms with Crippen molar-refractivity contribution in [3.8, 4) is 0 Å². The molecule has 0 aromatic heterocycles. The molecular formula is C29H39ClFNO. The van der Waals surface area contributed by atoms with Gasteiger partial charge < -0.3 is 4.90 Å². The molecule has 3 atom stereocenters. The van der Waals surface area contributed by atoms with Crippen LogP contribution in [0, 0.1) is 11.7 Å². The van der Waals surface area contributed by atoms with Crippen LogP contribution in [-0.4, -0.2) is 29.8 Å². The predicted octanol–water partition coefficient (Wildman–Crippen LogP) is 7.34. The summed E-state index contributed by atoms with van der Waals surface area (Å²) in [6.45, 7) is 10.2. The molecule has 0 spiro atoms. The number of Topliss-reactive ketones (excluding diaryl/α,β-unsaturated/α-hetero) is 1. The number of hydrogen-bond donors (Lipinski definition) is 0. The molecule has 0 saturated heterocycles. The molecular weight excluding hydrogens is 433 g/mol. The van der Waals surface area contributed by atoms with Gasteiger partial charge in [0.15, 0.2) is 5.78 Å². The molecule has 33 heavy (non-hydrogen) atoms. The van der Waals surface area contributed by atoms with Gasteiger partial charge in [-0.05, 0) is 97.9 Å².